The molecule has 0 bridgehead atoms. The van der Waals surface area contributed by atoms with Gasteiger partial charge in [0, 0.05) is 5.92 Å². The van der Waals surface area contributed by atoms with Gasteiger partial charge in [-0.15, -0.1) is 0 Å². The quantitative estimate of drug-likeness (QED) is 0.647. The lowest BCUT2D eigenvalue weighted by molar-refractivity contribution is 0.647. The minimum Gasteiger partial charge on any atom is -0.0654 e. The van der Waals surface area contributed by atoms with Crippen LogP contribution in [0.3, 0.4) is 0 Å². The molecule has 100 valence electrons. The zero-order valence-corrected chi connectivity index (χ0v) is 12.3. The molecule has 0 aliphatic rings. The molecule has 0 heteroatoms. The molecule has 0 aliphatic carbocycles. The standard InChI is InChI=1S/C19H24/c1-4-5-13-19(17-11-7-6-8-12-17)18-14-9-10-15(2)16(18)3/h6-12,14,19H,4-5,13H2,1-3H3. The van der Waals surface area contributed by atoms with Crippen LogP contribution < -0.4 is 0 Å². The molecular weight excluding hydrogens is 228 g/mol. The van der Waals surface area contributed by atoms with Crippen LogP contribution in [0.25, 0.3) is 0 Å². The Kier molecular flexibility index (Phi) is 4.79. The van der Waals surface area contributed by atoms with Crippen LogP contribution in [0, 0.1) is 13.8 Å². The lowest BCUT2D eigenvalue weighted by Crippen LogP contribution is -2.04. The van der Waals surface area contributed by atoms with Crippen LogP contribution in [-0.4, -0.2) is 0 Å². The number of unbranched alkanes of at least 4 members (excludes halogenated alkanes) is 1. The van der Waals surface area contributed by atoms with Crippen LogP contribution in [0.1, 0.15) is 54.4 Å². The first-order chi connectivity index (χ1) is 9.24. The van der Waals surface area contributed by atoms with Gasteiger partial charge in [-0.05, 0) is 42.5 Å². The maximum Gasteiger partial charge on any atom is 0.00920 e. The van der Waals surface area contributed by atoms with E-state index in [1.807, 2.05) is 0 Å². The molecule has 0 spiro atoms. The molecule has 1 unspecified atom stereocenters. The van der Waals surface area contributed by atoms with Crippen LogP contribution in [0.15, 0.2) is 48.5 Å². The van der Waals surface area contributed by atoms with E-state index in [0.29, 0.717) is 5.92 Å². The molecule has 0 radical (unpaired) electrons. The average molecular weight is 252 g/mol. The molecule has 0 saturated heterocycles. The van der Waals surface area contributed by atoms with Crippen molar-refractivity contribution in [1.29, 1.82) is 0 Å². The maximum atomic E-state index is 2.30. The third-order valence-electron chi connectivity index (χ3n) is 4.07. The lowest BCUT2D eigenvalue weighted by atomic mass is 9.84. The Bertz CT molecular complexity index is 511. The van der Waals surface area contributed by atoms with Gasteiger partial charge in [0.05, 0.1) is 0 Å². The first kappa shape index (κ1) is 13.9. The van der Waals surface area contributed by atoms with Crippen LogP contribution in [-0.2, 0) is 0 Å². The van der Waals surface area contributed by atoms with E-state index in [1.165, 1.54) is 41.5 Å². The van der Waals surface area contributed by atoms with E-state index < -0.39 is 0 Å². The average Bonchev–Trinajstić information content (AvgIpc) is 2.45. The van der Waals surface area contributed by atoms with Crippen molar-refractivity contribution >= 4 is 0 Å². The van der Waals surface area contributed by atoms with Gasteiger partial charge < -0.3 is 0 Å². The topological polar surface area (TPSA) is 0 Å². The molecule has 0 fully saturated rings. The second-order valence-electron chi connectivity index (χ2n) is 5.39. The fourth-order valence-electron chi connectivity index (χ4n) is 2.75. The number of benzene rings is 2. The summed E-state index contributed by atoms with van der Waals surface area (Å²) in [4.78, 5) is 0. The summed E-state index contributed by atoms with van der Waals surface area (Å²) in [6, 6.07) is 17.6. The second-order valence-corrected chi connectivity index (χ2v) is 5.39. The Labute approximate surface area is 117 Å². The Morgan fingerprint density at radius 3 is 2.32 bits per heavy atom. The van der Waals surface area contributed by atoms with Gasteiger partial charge in [-0.2, -0.15) is 0 Å². The SMILES string of the molecule is CCCCC(c1ccccc1)c1cccc(C)c1C. The van der Waals surface area contributed by atoms with E-state index in [1.54, 1.807) is 0 Å². The van der Waals surface area contributed by atoms with E-state index >= 15 is 0 Å². The van der Waals surface area contributed by atoms with Gasteiger partial charge in [-0.3, -0.25) is 0 Å². The van der Waals surface area contributed by atoms with E-state index in [9.17, 15) is 0 Å². The van der Waals surface area contributed by atoms with Crippen molar-refractivity contribution in [3.63, 3.8) is 0 Å². The molecule has 2 rings (SSSR count). The third kappa shape index (κ3) is 3.26. The van der Waals surface area contributed by atoms with Crippen molar-refractivity contribution in [2.75, 3.05) is 0 Å². The van der Waals surface area contributed by atoms with Crippen LogP contribution >= 0.6 is 0 Å². The van der Waals surface area contributed by atoms with Crippen LogP contribution in [0.5, 0.6) is 0 Å². The Morgan fingerprint density at radius 1 is 0.895 bits per heavy atom. The molecule has 19 heavy (non-hydrogen) atoms. The molecular formula is C19H24. The van der Waals surface area contributed by atoms with Gasteiger partial charge in [0.1, 0.15) is 0 Å². The molecule has 0 saturated carbocycles. The molecule has 0 heterocycles. The fraction of sp³-hybridized carbons (Fsp3) is 0.368. The van der Waals surface area contributed by atoms with Crippen molar-refractivity contribution in [2.24, 2.45) is 0 Å². The highest BCUT2D eigenvalue weighted by molar-refractivity contribution is 5.41. The van der Waals surface area contributed by atoms with Crippen molar-refractivity contribution in [3.8, 4) is 0 Å². The molecule has 0 nitrogen and oxygen atoms in total. The Hall–Kier alpha value is -1.56. The minimum atomic E-state index is 0.543. The first-order valence-electron chi connectivity index (χ1n) is 7.35. The highest BCUT2D eigenvalue weighted by Crippen LogP contribution is 2.32. The first-order valence-corrected chi connectivity index (χ1v) is 7.35. The maximum absolute atomic E-state index is 2.30. The van der Waals surface area contributed by atoms with Crippen molar-refractivity contribution in [1.82, 2.24) is 0 Å². The number of hydrogen-bond donors (Lipinski definition) is 0. The van der Waals surface area contributed by atoms with Gasteiger partial charge in [-0.1, -0.05) is 68.3 Å². The predicted octanol–water partition coefficient (Wildman–Crippen LogP) is 5.63. The molecule has 1 atom stereocenters. The van der Waals surface area contributed by atoms with E-state index in [4.69, 9.17) is 0 Å². The van der Waals surface area contributed by atoms with Crippen LogP contribution in [0.4, 0.5) is 0 Å². The number of aryl methyl sites for hydroxylation is 1. The second kappa shape index (κ2) is 6.56. The van der Waals surface area contributed by atoms with Crippen LogP contribution in [0.2, 0.25) is 0 Å². The summed E-state index contributed by atoms with van der Waals surface area (Å²) in [7, 11) is 0. The lowest BCUT2D eigenvalue weighted by Gasteiger charge is -2.21. The highest BCUT2D eigenvalue weighted by Gasteiger charge is 2.16. The largest absolute Gasteiger partial charge is 0.0654 e. The molecule has 0 aliphatic heterocycles. The fourth-order valence-corrected chi connectivity index (χ4v) is 2.75. The van der Waals surface area contributed by atoms with Gasteiger partial charge in [0.25, 0.3) is 0 Å². The normalized spacial score (nSPS) is 12.4. The summed E-state index contributed by atoms with van der Waals surface area (Å²) < 4.78 is 0. The molecule has 0 aromatic heterocycles. The van der Waals surface area contributed by atoms with Gasteiger partial charge in [0.15, 0.2) is 0 Å². The van der Waals surface area contributed by atoms with E-state index in [0.717, 1.165) is 0 Å². The summed E-state index contributed by atoms with van der Waals surface area (Å²) in [6.45, 7) is 6.73. The summed E-state index contributed by atoms with van der Waals surface area (Å²) in [6.07, 6.45) is 3.78. The van der Waals surface area contributed by atoms with Crippen molar-refractivity contribution in [3.05, 3.63) is 70.8 Å². The Balaban J connectivity index is 2.40. The number of hydrogen-bond acceptors (Lipinski definition) is 0. The zero-order chi connectivity index (χ0) is 13.7. The molecule has 2 aromatic rings. The Morgan fingerprint density at radius 2 is 1.63 bits per heavy atom. The van der Waals surface area contributed by atoms with Gasteiger partial charge in [0.2, 0.25) is 0 Å². The monoisotopic (exact) mass is 252 g/mol. The predicted molar refractivity (Wildman–Crippen MR) is 83.7 cm³/mol. The molecule has 2 aromatic carbocycles. The zero-order valence-electron chi connectivity index (χ0n) is 12.3. The molecule has 0 N–H and O–H groups in total. The highest BCUT2D eigenvalue weighted by atomic mass is 14.2. The summed E-state index contributed by atoms with van der Waals surface area (Å²) in [5, 5.41) is 0. The van der Waals surface area contributed by atoms with E-state index in [2.05, 4.69) is 69.3 Å². The van der Waals surface area contributed by atoms with Gasteiger partial charge in [-0.25, -0.2) is 0 Å². The van der Waals surface area contributed by atoms with Crippen molar-refractivity contribution in [2.45, 2.75) is 46.0 Å². The van der Waals surface area contributed by atoms with Gasteiger partial charge >= 0.3 is 0 Å². The molecule has 0 amide bonds. The smallest absolute Gasteiger partial charge is 0.00920 e. The number of rotatable bonds is 5. The third-order valence-corrected chi connectivity index (χ3v) is 4.07. The summed E-state index contributed by atoms with van der Waals surface area (Å²) >= 11 is 0. The minimum absolute atomic E-state index is 0.543. The summed E-state index contributed by atoms with van der Waals surface area (Å²) in [5.41, 5.74) is 5.80. The van der Waals surface area contributed by atoms with Crippen molar-refractivity contribution < 1.29 is 0 Å². The van der Waals surface area contributed by atoms with E-state index in [-0.39, 0.29) is 0 Å². The summed E-state index contributed by atoms with van der Waals surface area (Å²) in [5.74, 6) is 0.543.